The summed E-state index contributed by atoms with van der Waals surface area (Å²) >= 11 is 1.78. The Morgan fingerprint density at radius 1 is 1.44 bits per heavy atom. The molecule has 0 unspecified atom stereocenters. The minimum absolute atomic E-state index is 0.577. The first kappa shape index (κ1) is 11.1. The van der Waals surface area contributed by atoms with Gasteiger partial charge in [0.25, 0.3) is 0 Å². The van der Waals surface area contributed by atoms with E-state index in [1.54, 1.807) is 11.3 Å². The first-order valence-electron chi connectivity index (χ1n) is 5.51. The third kappa shape index (κ3) is 2.41. The highest BCUT2D eigenvalue weighted by Gasteiger charge is 2.08. The van der Waals surface area contributed by atoms with Crippen LogP contribution < -0.4 is 5.73 Å². The van der Waals surface area contributed by atoms with E-state index in [1.807, 2.05) is 4.68 Å². The van der Waals surface area contributed by atoms with Gasteiger partial charge in [-0.2, -0.15) is 0 Å². The van der Waals surface area contributed by atoms with E-state index in [-0.39, 0.29) is 0 Å². The van der Waals surface area contributed by atoms with Crippen LogP contribution in [-0.2, 0) is 19.4 Å². The van der Waals surface area contributed by atoms with E-state index < -0.39 is 0 Å². The maximum atomic E-state index is 5.78. The minimum atomic E-state index is 0.577. The largest absolute Gasteiger partial charge is 0.381 e. The first-order chi connectivity index (χ1) is 7.81. The molecule has 0 aliphatic rings. The Morgan fingerprint density at radius 2 is 2.31 bits per heavy atom. The van der Waals surface area contributed by atoms with Gasteiger partial charge >= 0.3 is 0 Å². The molecule has 0 aromatic carbocycles. The predicted octanol–water partition coefficient (Wildman–Crippen LogP) is 2.12. The van der Waals surface area contributed by atoms with Gasteiger partial charge in [0.05, 0.1) is 5.69 Å². The maximum Gasteiger partial charge on any atom is 0.169 e. The summed E-state index contributed by atoms with van der Waals surface area (Å²) in [6.45, 7) is 3.00. The summed E-state index contributed by atoms with van der Waals surface area (Å²) in [5.74, 6) is 0.577. The second-order valence-corrected chi connectivity index (χ2v) is 4.76. The molecule has 0 spiro atoms. The number of hydrogen-bond donors (Lipinski definition) is 1. The predicted molar refractivity (Wildman–Crippen MR) is 66.5 cm³/mol. The number of nitrogens with two attached hydrogens (primary N) is 1. The zero-order valence-corrected chi connectivity index (χ0v) is 10.2. The number of thiophene rings is 1. The highest BCUT2D eigenvalue weighted by atomic mass is 32.1. The van der Waals surface area contributed by atoms with Crippen molar-refractivity contribution in [2.75, 3.05) is 5.73 Å². The summed E-state index contributed by atoms with van der Waals surface area (Å²) in [6, 6.07) is 4.22. The molecule has 2 N–H and O–H groups in total. The molecule has 0 bridgehead atoms. The number of nitrogens with zero attached hydrogens (tertiary/aromatic N) is 3. The fraction of sp³-hybridized carbons (Fsp3) is 0.455. The van der Waals surface area contributed by atoms with Crippen molar-refractivity contribution in [2.24, 2.45) is 0 Å². The number of anilines is 1. The summed E-state index contributed by atoms with van der Waals surface area (Å²) < 4.78 is 1.93. The van der Waals surface area contributed by atoms with Crippen molar-refractivity contribution < 1.29 is 0 Å². The summed E-state index contributed by atoms with van der Waals surface area (Å²) in [5, 5.41) is 10.1. The molecule has 2 rings (SSSR count). The van der Waals surface area contributed by atoms with Crippen LogP contribution in [0.1, 0.15) is 23.9 Å². The zero-order valence-electron chi connectivity index (χ0n) is 9.39. The lowest BCUT2D eigenvalue weighted by molar-refractivity contribution is 0.564. The van der Waals surface area contributed by atoms with Gasteiger partial charge in [0.1, 0.15) is 0 Å². The Kier molecular flexibility index (Phi) is 3.56. The minimum Gasteiger partial charge on any atom is -0.381 e. The van der Waals surface area contributed by atoms with Crippen molar-refractivity contribution in [1.82, 2.24) is 15.0 Å². The van der Waals surface area contributed by atoms with Gasteiger partial charge in [-0.25, -0.2) is 4.68 Å². The SMILES string of the molecule is CCCc1c(N)nnn1CCc1cccs1. The summed E-state index contributed by atoms with van der Waals surface area (Å²) in [7, 11) is 0. The topological polar surface area (TPSA) is 56.7 Å². The standard InChI is InChI=1S/C11H16N4S/c1-2-4-10-11(12)13-14-15(10)7-6-9-5-3-8-16-9/h3,5,8H,2,4,6-7,12H2,1H3. The number of aryl methyl sites for hydroxylation is 2. The molecule has 0 aliphatic heterocycles. The Balaban J connectivity index is 2.03. The maximum absolute atomic E-state index is 5.78. The molecule has 0 fully saturated rings. The number of nitrogen functional groups attached to an aromatic ring is 1. The van der Waals surface area contributed by atoms with Crippen molar-refractivity contribution in [3.05, 3.63) is 28.1 Å². The van der Waals surface area contributed by atoms with Gasteiger partial charge in [0.2, 0.25) is 0 Å². The van der Waals surface area contributed by atoms with Crippen LogP contribution in [-0.4, -0.2) is 15.0 Å². The van der Waals surface area contributed by atoms with Gasteiger partial charge in [-0.05, 0) is 17.9 Å². The van der Waals surface area contributed by atoms with Gasteiger partial charge in [-0.3, -0.25) is 0 Å². The summed E-state index contributed by atoms with van der Waals surface area (Å²) in [6.07, 6.45) is 3.01. The molecule has 0 saturated carbocycles. The molecule has 16 heavy (non-hydrogen) atoms. The van der Waals surface area contributed by atoms with Crippen LogP contribution >= 0.6 is 11.3 Å². The monoisotopic (exact) mass is 236 g/mol. The number of rotatable bonds is 5. The lowest BCUT2D eigenvalue weighted by Crippen LogP contribution is -2.07. The average molecular weight is 236 g/mol. The molecule has 0 atom stereocenters. The van der Waals surface area contributed by atoms with Gasteiger partial charge < -0.3 is 5.73 Å². The Labute approximate surface area is 99.1 Å². The summed E-state index contributed by atoms with van der Waals surface area (Å²) in [5.41, 5.74) is 6.85. The van der Waals surface area contributed by atoms with Gasteiger partial charge in [0.15, 0.2) is 5.82 Å². The highest BCUT2D eigenvalue weighted by molar-refractivity contribution is 7.09. The Bertz CT molecular complexity index is 433. The van der Waals surface area contributed by atoms with Crippen LogP contribution in [0.15, 0.2) is 17.5 Å². The van der Waals surface area contributed by atoms with Crippen LogP contribution in [0.2, 0.25) is 0 Å². The van der Waals surface area contributed by atoms with Crippen LogP contribution in [0, 0.1) is 0 Å². The van der Waals surface area contributed by atoms with Crippen molar-refractivity contribution in [3.63, 3.8) is 0 Å². The van der Waals surface area contributed by atoms with Crippen molar-refractivity contribution in [1.29, 1.82) is 0 Å². The molecule has 2 heterocycles. The van der Waals surface area contributed by atoms with E-state index >= 15 is 0 Å². The fourth-order valence-corrected chi connectivity index (χ4v) is 2.39. The van der Waals surface area contributed by atoms with Crippen LogP contribution in [0.5, 0.6) is 0 Å². The third-order valence-corrected chi connectivity index (χ3v) is 3.44. The molecule has 2 aromatic heterocycles. The van der Waals surface area contributed by atoms with E-state index in [0.29, 0.717) is 5.82 Å². The Hall–Kier alpha value is -1.36. The van der Waals surface area contributed by atoms with E-state index in [0.717, 1.165) is 31.5 Å². The summed E-state index contributed by atoms with van der Waals surface area (Å²) in [4.78, 5) is 1.37. The zero-order chi connectivity index (χ0) is 11.4. The lowest BCUT2D eigenvalue weighted by atomic mass is 10.2. The smallest absolute Gasteiger partial charge is 0.169 e. The molecule has 2 aromatic rings. The van der Waals surface area contributed by atoms with Crippen LogP contribution in [0.4, 0.5) is 5.82 Å². The van der Waals surface area contributed by atoms with E-state index in [9.17, 15) is 0 Å². The Morgan fingerprint density at radius 3 is 3.00 bits per heavy atom. The number of hydrogen-bond acceptors (Lipinski definition) is 4. The molecule has 5 heteroatoms. The quantitative estimate of drug-likeness (QED) is 0.865. The average Bonchev–Trinajstić information content (AvgIpc) is 2.89. The van der Waals surface area contributed by atoms with Gasteiger partial charge in [-0.15, -0.1) is 16.4 Å². The van der Waals surface area contributed by atoms with E-state index in [4.69, 9.17) is 5.73 Å². The molecule has 0 amide bonds. The lowest BCUT2D eigenvalue weighted by Gasteiger charge is -2.04. The highest BCUT2D eigenvalue weighted by Crippen LogP contribution is 2.13. The molecule has 86 valence electrons. The third-order valence-electron chi connectivity index (χ3n) is 2.50. The second kappa shape index (κ2) is 5.12. The van der Waals surface area contributed by atoms with Crippen molar-refractivity contribution >= 4 is 17.2 Å². The van der Waals surface area contributed by atoms with Crippen molar-refractivity contribution in [3.8, 4) is 0 Å². The van der Waals surface area contributed by atoms with Crippen LogP contribution in [0.25, 0.3) is 0 Å². The molecule has 4 nitrogen and oxygen atoms in total. The van der Waals surface area contributed by atoms with Gasteiger partial charge in [-0.1, -0.05) is 24.6 Å². The second-order valence-electron chi connectivity index (χ2n) is 3.72. The molecule has 0 aliphatic carbocycles. The van der Waals surface area contributed by atoms with Crippen molar-refractivity contribution in [2.45, 2.75) is 32.7 Å². The van der Waals surface area contributed by atoms with E-state index in [2.05, 4.69) is 34.7 Å². The first-order valence-corrected chi connectivity index (χ1v) is 6.39. The molecule has 0 radical (unpaired) electrons. The number of aromatic nitrogens is 3. The molecule has 0 saturated heterocycles. The molecular weight excluding hydrogens is 220 g/mol. The van der Waals surface area contributed by atoms with E-state index in [1.165, 1.54) is 4.88 Å². The van der Waals surface area contributed by atoms with Crippen LogP contribution in [0.3, 0.4) is 0 Å². The fourth-order valence-electron chi connectivity index (χ4n) is 1.69. The normalized spacial score (nSPS) is 10.8. The molecular formula is C11H16N4S. The van der Waals surface area contributed by atoms with Gasteiger partial charge in [0, 0.05) is 17.8 Å².